The molecule has 5 rings (SSSR count). The van der Waals surface area contributed by atoms with Crippen LogP contribution in [0.15, 0.2) is 74.8 Å². The molecule has 3 heterocycles. The van der Waals surface area contributed by atoms with Crippen LogP contribution < -0.4 is 9.64 Å². The first kappa shape index (κ1) is 21.6. The van der Waals surface area contributed by atoms with Crippen LogP contribution in [0.25, 0.3) is 11.0 Å². The van der Waals surface area contributed by atoms with E-state index < -0.39 is 23.5 Å². The second-order valence-corrected chi connectivity index (χ2v) is 8.40. The molecular formula is C27H23NO6. The highest BCUT2D eigenvalue weighted by atomic mass is 16.5. The fourth-order valence-corrected chi connectivity index (χ4v) is 4.47. The summed E-state index contributed by atoms with van der Waals surface area (Å²) in [6, 6.07) is 15.0. The molecule has 172 valence electrons. The van der Waals surface area contributed by atoms with Crippen LogP contribution in [0.4, 0.5) is 5.69 Å². The fraction of sp³-hybridized carbons (Fsp3) is 0.185. The van der Waals surface area contributed by atoms with Gasteiger partial charge in [-0.25, -0.2) is 0 Å². The van der Waals surface area contributed by atoms with Gasteiger partial charge in [0.15, 0.2) is 22.9 Å². The highest BCUT2D eigenvalue weighted by Gasteiger charge is 2.47. The zero-order valence-corrected chi connectivity index (χ0v) is 19.2. The van der Waals surface area contributed by atoms with Crippen molar-refractivity contribution in [2.45, 2.75) is 26.8 Å². The number of anilines is 1. The normalized spacial score (nSPS) is 16.1. The molecule has 1 amide bonds. The monoisotopic (exact) mass is 457 g/mol. The Morgan fingerprint density at radius 1 is 1.03 bits per heavy atom. The van der Waals surface area contributed by atoms with Crippen LogP contribution in [0.2, 0.25) is 0 Å². The number of carbonyl (C=O) groups excluding carboxylic acids is 2. The smallest absolute Gasteiger partial charge is 0.294 e. The van der Waals surface area contributed by atoms with Gasteiger partial charge < -0.3 is 18.7 Å². The molecule has 1 aliphatic heterocycles. The third-order valence-corrected chi connectivity index (χ3v) is 6.05. The van der Waals surface area contributed by atoms with Gasteiger partial charge >= 0.3 is 0 Å². The molecule has 0 spiro atoms. The highest BCUT2D eigenvalue weighted by Crippen LogP contribution is 2.44. The maximum atomic E-state index is 13.7. The van der Waals surface area contributed by atoms with E-state index in [-0.39, 0.29) is 11.3 Å². The van der Waals surface area contributed by atoms with E-state index in [1.165, 1.54) is 12.0 Å². The Bertz CT molecular complexity index is 1490. The van der Waals surface area contributed by atoms with Crippen LogP contribution in [0, 0.1) is 20.8 Å². The van der Waals surface area contributed by atoms with E-state index in [1.54, 1.807) is 49.4 Å². The number of benzene rings is 2. The van der Waals surface area contributed by atoms with Gasteiger partial charge in [0.05, 0.1) is 12.7 Å². The molecule has 2 aromatic heterocycles. The number of methoxy groups -OCH3 is 1. The maximum absolute atomic E-state index is 13.7. The third-order valence-electron chi connectivity index (χ3n) is 6.05. The second-order valence-electron chi connectivity index (χ2n) is 8.40. The average Bonchev–Trinajstić information content (AvgIpc) is 3.50. The van der Waals surface area contributed by atoms with Gasteiger partial charge in [-0.15, -0.1) is 0 Å². The molecule has 1 atom stereocenters. The Morgan fingerprint density at radius 2 is 1.82 bits per heavy atom. The number of aliphatic hydroxyl groups is 1. The van der Waals surface area contributed by atoms with Crippen LogP contribution >= 0.6 is 0 Å². The van der Waals surface area contributed by atoms with Crippen LogP contribution in [-0.2, 0) is 4.79 Å². The number of nitrogens with zero attached hydrogens (tertiary/aromatic N) is 1. The predicted molar refractivity (Wildman–Crippen MR) is 126 cm³/mol. The molecule has 7 nitrogen and oxygen atoms in total. The first-order valence-electron chi connectivity index (χ1n) is 10.8. The van der Waals surface area contributed by atoms with E-state index >= 15 is 0 Å². The number of rotatable bonds is 5. The summed E-state index contributed by atoms with van der Waals surface area (Å²) in [7, 11) is 1.51. The molecule has 4 aromatic rings. The lowest BCUT2D eigenvalue weighted by Gasteiger charge is -2.26. The van der Waals surface area contributed by atoms with Crippen molar-refractivity contribution in [3.8, 4) is 5.75 Å². The Hall–Kier alpha value is -4.26. The van der Waals surface area contributed by atoms with E-state index in [9.17, 15) is 14.7 Å². The number of fused-ring (bicyclic) bond motifs is 1. The van der Waals surface area contributed by atoms with Crippen molar-refractivity contribution in [3.63, 3.8) is 0 Å². The summed E-state index contributed by atoms with van der Waals surface area (Å²) < 4.78 is 17.0. The van der Waals surface area contributed by atoms with Crippen LogP contribution in [-0.4, -0.2) is 23.9 Å². The largest absolute Gasteiger partial charge is 0.503 e. The highest BCUT2D eigenvalue weighted by molar-refractivity contribution is 6.20. The molecule has 0 fully saturated rings. The second kappa shape index (κ2) is 7.95. The van der Waals surface area contributed by atoms with Gasteiger partial charge in [0.2, 0.25) is 5.78 Å². The Balaban J connectivity index is 1.67. The Kier molecular flexibility index (Phi) is 5.05. The molecule has 2 aromatic carbocycles. The van der Waals surface area contributed by atoms with Gasteiger partial charge in [0.1, 0.15) is 17.6 Å². The molecule has 0 bridgehead atoms. The van der Waals surface area contributed by atoms with Crippen LogP contribution in [0.1, 0.15) is 39.2 Å². The first-order valence-corrected chi connectivity index (χ1v) is 10.8. The predicted octanol–water partition coefficient (Wildman–Crippen LogP) is 5.74. The minimum atomic E-state index is -0.954. The zero-order chi connectivity index (χ0) is 24.1. The van der Waals surface area contributed by atoms with Gasteiger partial charge in [-0.2, -0.15) is 0 Å². The number of hydrogen-bond donors (Lipinski definition) is 1. The summed E-state index contributed by atoms with van der Waals surface area (Å²) in [6.07, 6.45) is 0. The van der Waals surface area contributed by atoms with Gasteiger partial charge in [0, 0.05) is 11.1 Å². The van der Waals surface area contributed by atoms with Crippen molar-refractivity contribution in [2.24, 2.45) is 0 Å². The van der Waals surface area contributed by atoms with E-state index in [0.29, 0.717) is 33.9 Å². The van der Waals surface area contributed by atoms with E-state index in [4.69, 9.17) is 13.6 Å². The van der Waals surface area contributed by atoms with Gasteiger partial charge in [-0.1, -0.05) is 29.8 Å². The molecule has 0 saturated heterocycles. The lowest BCUT2D eigenvalue weighted by atomic mass is 9.98. The number of aryl methyl sites for hydroxylation is 3. The Labute approximate surface area is 195 Å². The summed E-state index contributed by atoms with van der Waals surface area (Å²) in [4.78, 5) is 28.4. The number of hydrogen-bond acceptors (Lipinski definition) is 6. The topological polar surface area (TPSA) is 93.1 Å². The number of amides is 1. The molecule has 0 aliphatic carbocycles. The summed E-state index contributed by atoms with van der Waals surface area (Å²) in [5.41, 5.74) is 2.75. The molecule has 1 unspecified atom stereocenters. The van der Waals surface area contributed by atoms with Gasteiger partial charge in [-0.05, 0) is 56.7 Å². The molecule has 0 saturated carbocycles. The number of ketones is 1. The number of ether oxygens (including phenoxy) is 1. The molecule has 1 aliphatic rings. The van der Waals surface area contributed by atoms with Crippen molar-refractivity contribution >= 4 is 28.3 Å². The zero-order valence-electron chi connectivity index (χ0n) is 19.2. The minimum absolute atomic E-state index is 0.00962. The number of Topliss-reactive ketones (excluding diaryl/α,β-unsaturated/α-hetero) is 1. The van der Waals surface area contributed by atoms with Gasteiger partial charge in [0.25, 0.3) is 5.91 Å². The summed E-state index contributed by atoms with van der Waals surface area (Å²) in [5.74, 6) is -0.450. The molecular weight excluding hydrogens is 434 g/mol. The van der Waals surface area contributed by atoms with Crippen molar-refractivity contribution < 1.29 is 28.3 Å². The number of furan rings is 2. The van der Waals surface area contributed by atoms with E-state index in [0.717, 1.165) is 11.1 Å². The van der Waals surface area contributed by atoms with E-state index in [2.05, 4.69) is 0 Å². The lowest BCUT2D eigenvalue weighted by Crippen LogP contribution is -2.31. The molecule has 1 N–H and O–H groups in total. The van der Waals surface area contributed by atoms with Crippen molar-refractivity contribution in [1.29, 1.82) is 0 Å². The van der Waals surface area contributed by atoms with E-state index in [1.807, 2.05) is 26.0 Å². The summed E-state index contributed by atoms with van der Waals surface area (Å²) >= 11 is 0. The minimum Gasteiger partial charge on any atom is -0.503 e. The average molecular weight is 457 g/mol. The molecule has 0 radical (unpaired) electrons. The third kappa shape index (κ3) is 3.28. The fourth-order valence-electron chi connectivity index (χ4n) is 4.47. The quantitative estimate of drug-likeness (QED) is 0.384. The summed E-state index contributed by atoms with van der Waals surface area (Å²) in [6.45, 7) is 5.61. The van der Waals surface area contributed by atoms with Crippen LogP contribution in [0.3, 0.4) is 0 Å². The van der Waals surface area contributed by atoms with Crippen molar-refractivity contribution in [3.05, 3.63) is 94.3 Å². The molecule has 34 heavy (non-hydrogen) atoms. The van der Waals surface area contributed by atoms with Crippen LogP contribution in [0.5, 0.6) is 5.75 Å². The summed E-state index contributed by atoms with van der Waals surface area (Å²) in [5, 5.41) is 11.6. The first-order chi connectivity index (χ1) is 16.3. The van der Waals surface area contributed by atoms with Crippen molar-refractivity contribution in [2.75, 3.05) is 12.0 Å². The lowest BCUT2D eigenvalue weighted by molar-refractivity contribution is -0.117. The Morgan fingerprint density at radius 3 is 2.50 bits per heavy atom. The number of carbonyl (C=O) groups is 2. The van der Waals surface area contributed by atoms with Gasteiger partial charge in [-0.3, -0.25) is 14.5 Å². The SMILES string of the molecule is COc1cccc2cc(C(=O)C3=C(O)C(=O)N(c4ccc(C)cc4C)C3c3ccc(C)o3)oc12. The standard InChI is InChI=1S/C27H23NO6/c1-14-8-10-18(15(2)12-14)28-23(19-11-9-16(3)33-19)22(25(30)27(28)31)24(29)21-13-17-6-5-7-20(32-4)26(17)34-21/h5-13,23,30H,1-4H3. The maximum Gasteiger partial charge on any atom is 0.294 e. The number of aliphatic hydroxyl groups excluding tert-OH is 1. The molecule has 7 heteroatoms. The number of para-hydroxylation sites is 1. The van der Waals surface area contributed by atoms with Crippen molar-refractivity contribution in [1.82, 2.24) is 0 Å².